The number of hydrogen-bond donors (Lipinski definition) is 1. The van der Waals surface area contributed by atoms with Crippen LogP contribution in [0.5, 0.6) is 0 Å². The summed E-state index contributed by atoms with van der Waals surface area (Å²) in [5.41, 5.74) is 0.0939. The Morgan fingerprint density at radius 2 is 2.12 bits per heavy atom. The van der Waals surface area contributed by atoms with Gasteiger partial charge in [0.15, 0.2) is 5.89 Å². The first-order valence-electron chi connectivity index (χ1n) is 6.61. The first-order valence-corrected chi connectivity index (χ1v) is 6.61. The van der Waals surface area contributed by atoms with Gasteiger partial charge >= 0.3 is 0 Å². The number of hydrogen-bond acceptors (Lipinski definition) is 3. The van der Waals surface area contributed by atoms with E-state index in [1.165, 1.54) is 0 Å². The maximum Gasteiger partial charge on any atom is 0.195 e. The second kappa shape index (κ2) is 6.20. The van der Waals surface area contributed by atoms with Gasteiger partial charge in [-0.05, 0) is 18.9 Å². The first kappa shape index (κ1) is 14.2. The molecule has 0 aliphatic carbocycles. The zero-order valence-corrected chi connectivity index (χ0v) is 11.8. The summed E-state index contributed by atoms with van der Waals surface area (Å²) in [6.07, 6.45) is 3.81. The van der Waals surface area contributed by atoms with E-state index in [2.05, 4.69) is 44.9 Å². The highest BCUT2D eigenvalue weighted by atomic mass is 16.4. The SMILES string of the molecule is CCC(C)(C)c1cnc(CCNCC(C)C)o1. The van der Waals surface area contributed by atoms with Gasteiger partial charge in [0, 0.05) is 18.4 Å². The Morgan fingerprint density at radius 3 is 2.71 bits per heavy atom. The highest BCUT2D eigenvalue weighted by molar-refractivity contribution is 5.07. The minimum atomic E-state index is 0.0939. The van der Waals surface area contributed by atoms with Gasteiger partial charge in [-0.15, -0.1) is 0 Å². The highest BCUT2D eigenvalue weighted by Crippen LogP contribution is 2.26. The summed E-state index contributed by atoms with van der Waals surface area (Å²) >= 11 is 0. The van der Waals surface area contributed by atoms with Crippen molar-refractivity contribution < 1.29 is 4.42 Å². The van der Waals surface area contributed by atoms with Gasteiger partial charge < -0.3 is 9.73 Å². The fourth-order valence-electron chi connectivity index (χ4n) is 1.50. The third kappa shape index (κ3) is 4.50. The predicted octanol–water partition coefficient (Wildman–Crippen LogP) is 3.15. The van der Waals surface area contributed by atoms with Crippen molar-refractivity contribution >= 4 is 0 Å². The van der Waals surface area contributed by atoms with Crippen LogP contribution in [-0.4, -0.2) is 18.1 Å². The Morgan fingerprint density at radius 1 is 1.41 bits per heavy atom. The Kier molecular flexibility index (Phi) is 5.19. The molecule has 0 saturated heterocycles. The Balaban J connectivity index is 2.41. The summed E-state index contributed by atoms with van der Waals surface area (Å²) in [7, 11) is 0. The van der Waals surface area contributed by atoms with Crippen LogP contribution in [0.3, 0.4) is 0 Å². The van der Waals surface area contributed by atoms with Gasteiger partial charge in [0.1, 0.15) is 5.76 Å². The number of nitrogens with zero attached hydrogens (tertiary/aromatic N) is 1. The van der Waals surface area contributed by atoms with Gasteiger partial charge in [0.25, 0.3) is 0 Å². The van der Waals surface area contributed by atoms with Crippen LogP contribution >= 0.6 is 0 Å². The third-order valence-corrected chi connectivity index (χ3v) is 3.17. The fraction of sp³-hybridized carbons (Fsp3) is 0.786. The van der Waals surface area contributed by atoms with E-state index < -0.39 is 0 Å². The summed E-state index contributed by atoms with van der Waals surface area (Å²) in [6, 6.07) is 0. The molecule has 0 saturated carbocycles. The van der Waals surface area contributed by atoms with Gasteiger partial charge in [-0.3, -0.25) is 0 Å². The van der Waals surface area contributed by atoms with Crippen LogP contribution in [0.1, 0.15) is 52.7 Å². The van der Waals surface area contributed by atoms with E-state index in [9.17, 15) is 0 Å². The minimum absolute atomic E-state index is 0.0939. The van der Waals surface area contributed by atoms with Crippen molar-refractivity contribution in [2.24, 2.45) is 5.92 Å². The molecule has 1 aromatic heterocycles. The van der Waals surface area contributed by atoms with E-state index in [1.807, 2.05) is 6.20 Å². The Bertz CT molecular complexity index is 329. The number of rotatable bonds is 7. The Labute approximate surface area is 105 Å². The van der Waals surface area contributed by atoms with E-state index in [1.54, 1.807) is 0 Å². The van der Waals surface area contributed by atoms with Crippen molar-refractivity contribution in [2.75, 3.05) is 13.1 Å². The lowest BCUT2D eigenvalue weighted by Gasteiger charge is -2.18. The molecule has 0 radical (unpaired) electrons. The highest BCUT2D eigenvalue weighted by Gasteiger charge is 2.22. The number of aromatic nitrogens is 1. The molecule has 0 atom stereocenters. The summed E-state index contributed by atoms with van der Waals surface area (Å²) in [6.45, 7) is 13.0. The second-order valence-electron chi connectivity index (χ2n) is 5.70. The lowest BCUT2D eigenvalue weighted by Crippen LogP contribution is -2.22. The largest absolute Gasteiger partial charge is 0.445 e. The Hall–Kier alpha value is -0.830. The van der Waals surface area contributed by atoms with Crippen molar-refractivity contribution in [1.82, 2.24) is 10.3 Å². The van der Waals surface area contributed by atoms with Crippen LogP contribution < -0.4 is 5.32 Å². The molecule has 0 aliphatic rings. The smallest absolute Gasteiger partial charge is 0.195 e. The molecule has 0 amide bonds. The molecule has 17 heavy (non-hydrogen) atoms. The lowest BCUT2D eigenvalue weighted by molar-refractivity contribution is 0.353. The monoisotopic (exact) mass is 238 g/mol. The van der Waals surface area contributed by atoms with Gasteiger partial charge in [0.05, 0.1) is 6.20 Å². The standard InChI is InChI=1S/C14H26N2O/c1-6-14(4,5)12-10-16-13(17-12)7-8-15-9-11(2)3/h10-11,15H,6-9H2,1-5H3. The molecule has 0 fully saturated rings. The molecule has 0 aliphatic heterocycles. The van der Waals surface area contributed by atoms with Crippen LogP contribution in [0, 0.1) is 5.92 Å². The lowest BCUT2D eigenvalue weighted by atomic mass is 9.88. The van der Waals surface area contributed by atoms with E-state index in [0.717, 1.165) is 37.6 Å². The van der Waals surface area contributed by atoms with Crippen LogP contribution in [0.2, 0.25) is 0 Å². The van der Waals surface area contributed by atoms with Gasteiger partial charge in [0.2, 0.25) is 0 Å². The summed E-state index contributed by atoms with van der Waals surface area (Å²) in [5, 5.41) is 3.40. The van der Waals surface area contributed by atoms with E-state index in [-0.39, 0.29) is 5.41 Å². The molecule has 0 spiro atoms. The van der Waals surface area contributed by atoms with Crippen molar-refractivity contribution in [1.29, 1.82) is 0 Å². The zero-order valence-electron chi connectivity index (χ0n) is 11.8. The predicted molar refractivity (Wildman–Crippen MR) is 71.2 cm³/mol. The average Bonchev–Trinajstić information content (AvgIpc) is 2.73. The summed E-state index contributed by atoms with van der Waals surface area (Å²) in [5.74, 6) is 2.53. The maximum atomic E-state index is 5.80. The number of nitrogens with one attached hydrogen (secondary N) is 1. The first-order chi connectivity index (χ1) is 7.95. The molecule has 0 unspecified atom stereocenters. The van der Waals surface area contributed by atoms with Crippen molar-refractivity contribution in [2.45, 2.75) is 52.9 Å². The molecule has 3 nitrogen and oxygen atoms in total. The summed E-state index contributed by atoms with van der Waals surface area (Å²) < 4.78 is 5.80. The van der Waals surface area contributed by atoms with Gasteiger partial charge in [-0.25, -0.2) is 4.98 Å². The molecule has 0 aromatic carbocycles. The van der Waals surface area contributed by atoms with E-state index in [4.69, 9.17) is 4.42 Å². The molecular weight excluding hydrogens is 212 g/mol. The molecule has 1 heterocycles. The fourth-order valence-corrected chi connectivity index (χ4v) is 1.50. The molecule has 0 bridgehead atoms. The van der Waals surface area contributed by atoms with Crippen molar-refractivity contribution in [3.05, 3.63) is 17.8 Å². The third-order valence-electron chi connectivity index (χ3n) is 3.17. The van der Waals surface area contributed by atoms with Crippen LogP contribution in [0.15, 0.2) is 10.6 Å². The molecule has 1 aromatic rings. The van der Waals surface area contributed by atoms with E-state index in [0.29, 0.717) is 5.92 Å². The second-order valence-corrected chi connectivity index (χ2v) is 5.70. The molecular formula is C14H26N2O. The molecule has 98 valence electrons. The molecule has 1 rings (SSSR count). The van der Waals surface area contributed by atoms with Gasteiger partial charge in [-0.2, -0.15) is 0 Å². The van der Waals surface area contributed by atoms with Gasteiger partial charge in [-0.1, -0.05) is 34.6 Å². The van der Waals surface area contributed by atoms with Crippen LogP contribution in [0.4, 0.5) is 0 Å². The quantitative estimate of drug-likeness (QED) is 0.742. The molecule has 1 N–H and O–H groups in total. The minimum Gasteiger partial charge on any atom is -0.445 e. The van der Waals surface area contributed by atoms with Crippen LogP contribution in [-0.2, 0) is 11.8 Å². The molecule has 3 heteroatoms. The normalized spacial score (nSPS) is 12.4. The maximum absolute atomic E-state index is 5.80. The average molecular weight is 238 g/mol. The topological polar surface area (TPSA) is 38.1 Å². The van der Waals surface area contributed by atoms with Crippen LogP contribution in [0.25, 0.3) is 0 Å². The summed E-state index contributed by atoms with van der Waals surface area (Å²) in [4.78, 5) is 4.34. The van der Waals surface area contributed by atoms with Crippen molar-refractivity contribution in [3.8, 4) is 0 Å². The number of oxazole rings is 1. The van der Waals surface area contributed by atoms with Crippen molar-refractivity contribution in [3.63, 3.8) is 0 Å². The zero-order chi connectivity index (χ0) is 12.9. The van der Waals surface area contributed by atoms with E-state index >= 15 is 0 Å².